The number of para-hydroxylation sites is 2. The van der Waals surface area contributed by atoms with Crippen LogP contribution in [-0.2, 0) is 14.8 Å². The van der Waals surface area contributed by atoms with Gasteiger partial charge in [0.15, 0.2) is 0 Å². The van der Waals surface area contributed by atoms with E-state index >= 15 is 0 Å². The summed E-state index contributed by atoms with van der Waals surface area (Å²) in [7, 11) is -2.51. The van der Waals surface area contributed by atoms with Gasteiger partial charge in [0.25, 0.3) is 15.9 Å². The fourth-order valence-corrected chi connectivity index (χ4v) is 4.21. The number of nitrogens with one attached hydrogen (secondary N) is 3. The van der Waals surface area contributed by atoms with Crippen molar-refractivity contribution >= 4 is 33.2 Å². The van der Waals surface area contributed by atoms with Crippen molar-refractivity contribution in [2.45, 2.75) is 11.8 Å². The van der Waals surface area contributed by atoms with Crippen LogP contribution >= 0.6 is 0 Å². The molecule has 1 aromatic heterocycles. The van der Waals surface area contributed by atoms with Crippen molar-refractivity contribution in [2.75, 3.05) is 23.7 Å². The zero-order chi connectivity index (χ0) is 23.1. The topological polar surface area (TPSA) is 126 Å². The van der Waals surface area contributed by atoms with Crippen LogP contribution in [0.5, 0.6) is 5.75 Å². The van der Waals surface area contributed by atoms with Gasteiger partial charge in [-0.3, -0.25) is 19.3 Å². The van der Waals surface area contributed by atoms with Gasteiger partial charge in [0.1, 0.15) is 5.75 Å². The maximum Gasteiger partial charge on any atom is 0.262 e. The van der Waals surface area contributed by atoms with Crippen molar-refractivity contribution in [3.63, 3.8) is 0 Å². The molecule has 3 aromatic rings. The summed E-state index contributed by atoms with van der Waals surface area (Å²) in [5.74, 6) is -0.545. The molecule has 3 N–H and O–H groups in total. The monoisotopic (exact) mass is 454 g/mol. The number of sulfonamides is 1. The molecule has 0 aliphatic heterocycles. The number of aryl methyl sites for hydroxylation is 1. The average Bonchev–Trinajstić information content (AvgIpc) is 2.79. The largest absolute Gasteiger partial charge is 0.495 e. The Balaban J connectivity index is 1.71. The summed E-state index contributed by atoms with van der Waals surface area (Å²) >= 11 is 0. The highest BCUT2D eigenvalue weighted by Gasteiger charge is 2.20. The number of anilines is 2. The number of amides is 2. The van der Waals surface area contributed by atoms with Crippen LogP contribution in [0.2, 0.25) is 0 Å². The lowest BCUT2D eigenvalue weighted by molar-refractivity contribution is -0.115. The van der Waals surface area contributed by atoms with Crippen molar-refractivity contribution in [1.29, 1.82) is 0 Å². The standard InChI is InChI=1S/C22H22N4O5S/c1-15-7-8-17(25-21(27)14-24-22(28)16-9-11-23-12-10-16)13-20(15)32(29,30)26-18-5-3-4-6-19(18)31-2/h3-13,26H,14H2,1-2H3,(H,24,28)(H,25,27). The number of carbonyl (C=O) groups excluding carboxylic acids is 2. The molecule has 3 rings (SSSR count). The minimum absolute atomic E-state index is 0.00188. The molecule has 0 aliphatic rings. The van der Waals surface area contributed by atoms with Gasteiger partial charge in [0.2, 0.25) is 5.91 Å². The number of hydrogen-bond acceptors (Lipinski definition) is 6. The van der Waals surface area contributed by atoms with Crippen LogP contribution in [0.4, 0.5) is 11.4 Å². The summed E-state index contributed by atoms with van der Waals surface area (Å²) in [6, 6.07) is 14.2. The van der Waals surface area contributed by atoms with Gasteiger partial charge in [-0.1, -0.05) is 18.2 Å². The molecular formula is C22H22N4O5S. The Morgan fingerprint density at radius 3 is 2.47 bits per heavy atom. The van der Waals surface area contributed by atoms with Crippen LogP contribution < -0.4 is 20.1 Å². The van der Waals surface area contributed by atoms with E-state index in [4.69, 9.17) is 4.74 Å². The molecule has 0 unspecified atom stereocenters. The summed E-state index contributed by atoms with van der Waals surface area (Å²) in [5.41, 5.74) is 1.44. The van der Waals surface area contributed by atoms with E-state index in [0.717, 1.165) is 0 Å². The van der Waals surface area contributed by atoms with Gasteiger partial charge in [-0.15, -0.1) is 0 Å². The van der Waals surface area contributed by atoms with Crippen molar-refractivity contribution < 1.29 is 22.7 Å². The molecule has 0 radical (unpaired) electrons. The molecule has 0 saturated heterocycles. The number of methoxy groups -OCH3 is 1. The minimum atomic E-state index is -3.95. The summed E-state index contributed by atoms with van der Waals surface area (Å²) in [5, 5.41) is 5.09. The van der Waals surface area contributed by atoms with E-state index in [1.54, 1.807) is 43.3 Å². The quantitative estimate of drug-likeness (QED) is 0.480. The van der Waals surface area contributed by atoms with E-state index in [0.29, 0.717) is 22.6 Å². The SMILES string of the molecule is COc1ccccc1NS(=O)(=O)c1cc(NC(=O)CNC(=O)c2ccncc2)ccc1C. The molecule has 10 heteroatoms. The number of ether oxygens (including phenoxy) is 1. The smallest absolute Gasteiger partial charge is 0.262 e. The number of nitrogens with zero attached hydrogens (tertiary/aromatic N) is 1. The number of aromatic nitrogens is 1. The first-order valence-electron chi connectivity index (χ1n) is 9.55. The molecule has 0 aliphatic carbocycles. The van der Waals surface area contributed by atoms with Crippen LogP contribution in [0.1, 0.15) is 15.9 Å². The van der Waals surface area contributed by atoms with E-state index in [1.807, 2.05) is 0 Å². The molecule has 0 bridgehead atoms. The predicted octanol–water partition coefficient (Wildman–Crippen LogP) is 2.57. The number of rotatable bonds is 8. The second-order valence-corrected chi connectivity index (χ2v) is 8.40. The Hall–Kier alpha value is -3.92. The first-order valence-corrected chi connectivity index (χ1v) is 11.0. The summed E-state index contributed by atoms with van der Waals surface area (Å²) in [6.45, 7) is 1.37. The van der Waals surface area contributed by atoms with Crippen LogP contribution in [0.3, 0.4) is 0 Å². The van der Waals surface area contributed by atoms with Crippen molar-refractivity contribution in [3.8, 4) is 5.75 Å². The molecule has 0 spiro atoms. The van der Waals surface area contributed by atoms with E-state index < -0.39 is 21.8 Å². The molecule has 2 aromatic carbocycles. The molecule has 166 valence electrons. The molecule has 0 fully saturated rings. The Kier molecular flexibility index (Phi) is 7.06. The average molecular weight is 455 g/mol. The molecule has 0 saturated carbocycles. The Morgan fingerprint density at radius 1 is 1.03 bits per heavy atom. The summed E-state index contributed by atoms with van der Waals surface area (Å²) in [4.78, 5) is 28.1. The van der Waals surface area contributed by atoms with Crippen LogP contribution in [-0.4, -0.2) is 38.9 Å². The zero-order valence-electron chi connectivity index (χ0n) is 17.5. The normalized spacial score (nSPS) is 10.8. The summed E-state index contributed by atoms with van der Waals surface area (Å²) in [6.07, 6.45) is 2.95. The maximum atomic E-state index is 13.0. The van der Waals surface area contributed by atoms with Gasteiger partial charge < -0.3 is 15.4 Å². The van der Waals surface area contributed by atoms with E-state index in [1.165, 1.54) is 37.7 Å². The van der Waals surface area contributed by atoms with Crippen LogP contribution in [0.25, 0.3) is 0 Å². The minimum Gasteiger partial charge on any atom is -0.495 e. The van der Waals surface area contributed by atoms with E-state index in [2.05, 4.69) is 20.3 Å². The Labute approximate surface area is 185 Å². The van der Waals surface area contributed by atoms with Gasteiger partial charge in [-0.2, -0.15) is 0 Å². The number of hydrogen-bond donors (Lipinski definition) is 3. The third-order valence-electron chi connectivity index (χ3n) is 4.46. The number of carbonyl (C=O) groups is 2. The highest BCUT2D eigenvalue weighted by atomic mass is 32.2. The number of pyridine rings is 1. The van der Waals surface area contributed by atoms with Crippen LogP contribution in [0, 0.1) is 6.92 Å². The zero-order valence-corrected chi connectivity index (χ0v) is 18.3. The van der Waals surface area contributed by atoms with Gasteiger partial charge in [-0.25, -0.2) is 8.42 Å². The molecule has 2 amide bonds. The van der Waals surface area contributed by atoms with Crippen LogP contribution in [0.15, 0.2) is 71.9 Å². The fourth-order valence-electron chi connectivity index (χ4n) is 2.87. The second-order valence-electron chi connectivity index (χ2n) is 6.75. The first-order chi connectivity index (χ1) is 15.3. The lowest BCUT2D eigenvalue weighted by atomic mass is 10.2. The van der Waals surface area contributed by atoms with Crippen molar-refractivity contribution in [2.24, 2.45) is 0 Å². The fraction of sp³-hybridized carbons (Fsp3) is 0.136. The highest BCUT2D eigenvalue weighted by molar-refractivity contribution is 7.92. The lowest BCUT2D eigenvalue weighted by Gasteiger charge is -2.14. The highest BCUT2D eigenvalue weighted by Crippen LogP contribution is 2.28. The lowest BCUT2D eigenvalue weighted by Crippen LogP contribution is -2.32. The summed E-state index contributed by atoms with van der Waals surface area (Å²) < 4.78 is 33.6. The molecule has 0 atom stereocenters. The van der Waals surface area contributed by atoms with Gasteiger partial charge in [-0.05, 0) is 48.9 Å². The number of benzene rings is 2. The third kappa shape index (κ3) is 5.61. The van der Waals surface area contributed by atoms with Gasteiger partial charge >= 0.3 is 0 Å². The Bertz CT molecular complexity index is 1230. The third-order valence-corrected chi connectivity index (χ3v) is 5.97. The molecule has 32 heavy (non-hydrogen) atoms. The van der Waals surface area contributed by atoms with E-state index in [-0.39, 0.29) is 17.1 Å². The molecule has 1 heterocycles. The predicted molar refractivity (Wildman–Crippen MR) is 120 cm³/mol. The Morgan fingerprint density at radius 2 is 1.75 bits per heavy atom. The molecule has 9 nitrogen and oxygen atoms in total. The second kappa shape index (κ2) is 9.92. The maximum absolute atomic E-state index is 13.0. The van der Waals surface area contributed by atoms with Crippen molar-refractivity contribution in [1.82, 2.24) is 10.3 Å². The van der Waals surface area contributed by atoms with Gasteiger partial charge in [0.05, 0.1) is 24.2 Å². The first kappa shape index (κ1) is 22.8. The van der Waals surface area contributed by atoms with Crippen molar-refractivity contribution in [3.05, 3.63) is 78.1 Å². The molecular weight excluding hydrogens is 432 g/mol. The van der Waals surface area contributed by atoms with Gasteiger partial charge in [0, 0.05) is 23.6 Å². The van der Waals surface area contributed by atoms with E-state index in [9.17, 15) is 18.0 Å².